The van der Waals surface area contributed by atoms with Crippen molar-refractivity contribution < 1.29 is 0 Å². The Balaban J connectivity index is 2.56. The van der Waals surface area contributed by atoms with Gasteiger partial charge < -0.3 is 10.3 Å². The lowest BCUT2D eigenvalue weighted by Crippen LogP contribution is -2.06. The predicted octanol–water partition coefficient (Wildman–Crippen LogP) is 3.48. The Morgan fingerprint density at radius 1 is 1.42 bits per heavy atom. The summed E-state index contributed by atoms with van der Waals surface area (Å²) in [4.78, 5) is 4.66. The highest BCUT2D eigenvalue weighted by Crippen LogP contribution is 2.32. The smallest absolute Gasteiger partial charge is 0.132 e. The van der Waals surface area contributed by atoms with Crippen molar-refractivity contribution in [2.75, 3.05) is 5.73 Å². The topological polar surface area (TPSA) is 43.8 Å². The molecule has 1 aromatic heterocycles. The summed E-state index contributed by atoms with van der Waals surface area (Å²) < 4.78 is 2.90. The van der Waals surface area contributed by atoms with E-state index in [0.717, 1.165) is 34.4 Å². The zero-order valence-electron chi connectivity index (χ0n) is 10.9. The van der Waals surface area contributed by atoms with E-state index in [1.807, 2.05) is 28.8 Å². The molecular weight excluding hydrogens is 302 g/mol. The monoisotopic (exact) mass is 317 g/mol. The maximum absolute atomic E-state index is 6.21. The Hall–Kier alpha value is -1.73. The Kier molecular flexibility index (Phi) is 4.28. The zero-order chi connectivity index (χ0) is 13.8. The number of imidazole rings is 1. The summed E-state index contributed by atoms with van der Waals surface area (Å²) in [6, 6.07) is 7.92. The van der Waals surface area contributed by atoms with E-state index >= 15 is 0 Å². The van der Waals surface area contributed by atoms with Gasteiger partial charge in [0.15, 0.2) is 0 Å². The van der Waals surface area contributed by atoms with Crippen molar-refractivity contribution in [1.29, 1.82) is 0 Å². The molecule has 98 valence electrons. The molecule has 0 fully saturated rings. The van der Waals surface area contributed by atoms with Crippen LogP contribution in [-0.4, -0.2) is 9.55 Å². The fourth-order valence-electron chi connectivity index (χ4n) is 2.05. The minimum atomic E-state index is 0.457. The molecule has 3 nitrogen and oxygen atoms in total. The molecule has 1 heterocycles. The summed E-state index contributed by atoms with van der Waals surface area (Å²) in [6.07, 6.45) is 7.29. The first-order valence-electron chi connectivity index (χ1n) is 6.22. The summed E-state index contributed by atoms with van der Waals surface area (Å²) in [5.74, 6) is 4.21. The summed E-state index contributed by atoms with van der Waals surface area (Å²) in [5.41, 5.74) is 8.00. The van der Waals surface area contributed by atoms with Crippen LogP contribution in [0.5, 0.6) is 0 Å². The van der Waals surface area contributed by atoms with Gasteiger partial charge >= 0.3 is 0 Å². The molecule has 0 spiro atoms. The zero-order valence-corrected chi connectivity index (χ0v) is 12.4. The van der Waals surface area contributed by atoms with Crippen LogP contribution >= 0.6 is 15.9 Å². The van der Waals surface area contributed by atoms with Crippen LogP contribution in [-0.2, 0) is 13.0 Å². The minimum absolute atomic E-state index is 0.457. The third-order valence-corrected chi connectivity index (χ3v) is 3.63. The molecule has 0 aliphatic rings. The van der Waals surface area contributed by atoms with Gasteiger partial charge in [-0.15, -0.1) is 6.42 Å². The first kappa shape index (κ1) is 13.7. The number of nitrogen functional groups attached to an aromatic ring is 1. The standard InChI is InChI=1S/C15H16BrN3/c1-3-7-13-18-14(15(17)19(13)10-4-2)11-8-5-6-9-12(11)16/h2,5-6,8-9H,3,7,10,17H2,1H3. The van der Waals surface area contributed by atoms with Gasteiger partial charge in [-0.2, -0.15) is 0 Å². The highest BCUT2D eigenvalue weighted by Gasteiger charge is 2.16. The first-order valence-corrected chi connectivity index (χ1v) is 7.01. The quantitative estimate of drug-likeness (QED) is 0.877. The maximum Gasteiger partial charge on any atom is 0.132 e. The number of nitrogens with zero attached hydrogens (tertiary/aromatic N) is 2. The van der Waals surface area contributed by atoms with Crippen molar-refractivity contribution >= 4 is 21.7 Å². The Labute approximate surface area is 122 Å². The van der Waals surface area contributed by atoms with E-state index in [1.165, 1.54) is 0 Å². The second-order valence-electron chi connectivity index (χ2n) is 4.28. The first-order chi connectivity index (χ1) is 9.19. The van der Waals surface area contributed by atoms with E-state index in [9.17, 15) is 0 Å². The number of anilines is 1. The van der Waals surface area contributed by atoms with E-state index in [2.05, 4.69) is 33.8 Å². The maximum atomic E-state index is 6.21. The summed E-state index contributed by atoms with van der Waals surface area (Å²) in [7, 11) is 0. The van der Waals surface area contributed by atoms with Gasteiger partial charge in [-0.1, -0.05) is 47.0 Å². The van der Waals surface area contributed by atoms with Crippen molar-refractivity contribution in [3.63, 3.8) is 0 Å². The molecule has 2 aromatic rings. The van der Waals surface area contributed by atoms with Gasteiger partial charge in [0, 0.05) is 16.5 Å². The molecule has 0 bridgehead atoms. The fraction of sp³-hybridized carbons (Fsp3) is 0.267. The van der Waals surface area contributed by atoms with Crippen LogP contribution in [0.4, 0.5) is 5.82 Å². The molecule has 0 aliphatic carbocycles. The number of hydrogen-bond acceptors (Lipinski definition) is 2. The van der Waals surface area contributed by atoms with Gasteiger partial charge in [-0.05, 0) is 12.5 Å². The summed E-state index contributed by atoms with van der Waals surface area (Å²) in [5, 5.41) is 0. The SMILES string of the molecule is C#CCn1c(CCC)nc(-c2ccccc2Br)c1N. The average Bonchev–Trinajstić information content (AvgIpc) is 2.69. The fourth-order valence-corrected chi connectivity index (χ4v) is 2.52. The molecule has 0 atom stereocenters. The van der Waals surface area contributed by atoms with Gasteiger partial charge in [0.1, 0.15) is 17.3 Å². The van der Waals surface area contributed by atoms with Crippen LogP contribution in [0.3, 0.4) is 0 Å². The van der Waals surface area contributed by atoms with Crippen LogP contribution in [0.15, 0.2) is 28.7 Å². The molecular formula is C15H16BrN3. The number of halogens is 1. The number of aryl methyl sites for hydroxylation is 1. The molecule has 1 aromatic carbocycles. The Morgan fingerprint density at radius 3 is 2.79 bits per heavy atom. The van der Waals surface area contributed by atoms with E-state index in [-0.39, 0.29) is 0 Å². The number of benzene rings is 1. The van der Waals surface area contributed by atoms with Gasteiger partial charge in [0.05, 0.1) is 6.54 Å². The molecule has 19 heavy (non-hydrogen) atoms. The lowest BCUT2D eigenvalue weighted by atomic mass is 10.1. The lowest BCUT2D eigenvalue weighted by Gasteiger charge is -2.05. The molecule has 0 unspecified atom stereocenters. The summed E-state index contributed by atoms with van der Waals surface area (Å²) in [6.45, 7) is 2.57. The predicted molar refractivity (Wildman–Crippen MR) is 82.6 cm³/mol. The lowest BCUT2D eigenvalue weighted by molar-refractivity contribution is 0.733. The minimum Gasteiger partial charge on any atom is -0.383 e. The molecule has 0 saturated heterocycles. The second-order valence-corrected chi connectivity index (χ2v) is 5.14. The normalized spacial score (nSPS) is 10.4. The number of hydrogen-bond donors (Lipinski definition) is 1. The number of nitrogens with two attached hydrogens (primary N) is 1. The Bertz CT molecular complexity index is 623. The van der Waals surface area contributed by atoms with E-state index < -0.39 is 0 Å². The van der Waals surface area contributed by atoms with E-state index in [1.54, 1.807) is 0 Å². The molecule has 2 N–H and O–H groups in total. The average molecular weight is 318 g/mol. The Morgan fingerprint density at radius 2 is 2.16 bits per heavy atom. The van der Waals surface area contributed by atoms with E-state index in [4.69, 9.17) is 12.2 Å². The van der Waals surface area contributed by atoms with Crippen molar-refractivity contribution in [1.82, 2.24) is 9.55 Å². The van der Waals surface area contributed by atoms with Crippen molar-refractivity contribution in [2.24, 2.45) is 0 Å². The summed E-state index contributed by atoms with van der Waals surface area (Å²) >= 11 is 3.53. The largest absolute Gasteiger partial charge is 0.383 e. The third-order valence-electron chi connectivity index (χ3n) is 2.94. The van der Waals surface area contributed by atoms with Crippen molar-refractivity contribution in [2.45, 2.75) is 26.3 Å². The molecule has 0 amide bonds. The van der Waals surface area contributed by atoms with Crippen LogP contribution < -0.4 is 5.73 Å². The van der Waals surface area contributed by atoms with Gasteiger partial charge in [0.2, 0.25) is 0 Å². The van der Waals surface area contributed by atoms with Crippen molar-refractivity contribution in [3.8, 4) is 23.6 Å². The third kappa shape index (κ3) is 2.66. The molecule has 2 rings (SSSR count). The van der Waals surface area contributed by atoms with E-state index in [0.29, 0.717) is 12.4 Å². The molecule has 4 heteroatoms. The molecule has 0 radical (unpaired) electrons. The molecule has 0 saturated carbocycles. The van der Waals surface area contributed by atoms with Crippen LogP contribution in [0.2, 0.25) is 0 Å². The van der Waals surface area contributed by atoms with Gasteiger partial charge in [-0.25, -0.2) is 4.98 Å². The van der Waals surface area contributed by atoms with Gasteiger partial charge in [-0.3, -0.25) is 0 Å². The highest BCUT2D eigenvalue weighted by molar-refractivity contribution is 9.10. The van der Waals surface area contributed by atoms with Crippen LogP contribution in [0.25, 0.3) is 11.3 Å². The second kappa shape index (κ2) is 5.94. The van der Waals surface area contributed by atoms with Crippen LogP contribution in [0, 0.1) is 12.3 Å². The number of aromatic nitrogens is 2. The van der Waals surface area contributed by atoms with Crippen molar-refractivity contribution in [3.05, 3.63) is 34.6 Å². The molecule has 0 aliphatic heterocycles. The number of rotatable bonds is 4. The van der Waals surface area contributed by atoms with Gasteiger partial charge in [0.25, 0.3) is 0 Å². The highest BCUT2D eigenvalue weighted by atomic mass is 79.9. The van der Waals surface area contributed by atoms with Crippen LogP contribution in [0.1, 0.15) is 19.2 Å². The number of terminal acetylenes is 1.